The van der Waals surface area contributed by atoms with Crippen molar-refractivity contribution in [3.63, 3.8) is 0 Å². The maximum atomic E-state index is 12.6. The third-order valence-corrected chi connectivity index (χ3v) is 7.30. The van der Waals surface area contributed by atoms with E-state index in [4.69, 9.17) is 9.47 Å². The molecule has 1 aliphatic carbocycles. The summed E-state index contributed by atoms with van der Waals surface area (Å²) in [5.74, 6) is 0. The lowest BCUT2D eigenvalue weighted by molar-refractivity contribution is -0.207. The van der Waals surface area contributed by atoms with Gasteiger partial charge in [0.05, 0.1) is 11.6 Å². The van der Waals surface area contributed by atoms with Crippen LogP contribution in [-0.2, 0) is 9.47 Å². The van der Waals surface area contributed by atoms with E-state index in [1.54, 1.807) is 0 Å². The number of carbonyl (C=O) groups excluding carboxylic acids is 1. The Morgan fingerprint density at radius 3 is 2.42 bits per heavy atom. The van der Waals surface area contributed by atoms with E-state index in [2.05, 4.69) is 10.2 Å². The van der Waals surface area contributed by atoms with Crippen LogP contribution >= 0.6 is 0 Å². The smallest absolute Gasteiger partial charge is 0.317 e. The highest BCUT2D eigenvalue weighted by Crippen LogP contribution is 2.44. The van der Waals surface area contributed by atoms with Crippen LogP contribution in [0.4, 0.5) is 4.79 Å². The first-order valence-electron chi connectivity index (χ1n) is 10.7. The van der Waals surface area contributed by atoms with Crippen LogP contribution in [0.1, 0.15) is 57.8 Å². The van der Waals surface area contributed by atoms with Crippen molar-refractivity contribution in [3.05, 3.63) is 0 Å². The predicted molar refractivity (Wildman–Crippen MR) is 100 cm³/mol. The fraction of sp³-hybridized carbons (Fsp3) is 0.950. The molecule has 0 aromatic rings. The van der Waals surface area contributed by atoms with Gasteiger partial charge in [-0.15, -0.1) is 0 Å². The minimum absolute atomic E-state index is 0.162. The normalized spacial score (nSPS) is 31.0. The van der Waals surface area contributed by atoms with Gasteiger partial charge in [0.1, 0.15) is 0 Å². The summed E-state index contributed by atoms with van der Waals surface area (Å²) < 4.78 is 11.4. The molecule has 1 atom stereocenters. The Kier molecular flexibility index (Phi) is 5.72. The highest BCUT2D eigenvalue weighted by atomic mass is 16.5. The molecule has 1 spiro atoms. The molecule has 1 saturated carbocycles. The molecule has 1 N–H and O–H groups in total. The number of methoxy groups -OCH3 is 1. The summed E-state index contributed by atoms with van der Waals surface area (Å²) in [7, 11) is 1.84. The number of urea groups is 1. The first kappa shape index (κ1) is 18.5. The van der Waals surface area contributed by atoms with Crippen molar-refractivity contribution in [2.45, 2.75) is 81.5 Å². The Labute approximate surface area is 157 Å². The van der Waals surface area contributed by atoms with Gasteiger partial charge in [-0.1, -0.05) is 19.3 Å². The number of nitrogens with zero attached hydrogens (tertiary/aromatic N) is 2. The molecular formula is C20H35N3O3. The highest BCUT2D eigenvalue weighted by molar-refractivity contribution is 5.74. The molecule has 3 heterocycles. The summed E-state index contributed by atoms with van der Waals surface area (Å²) in [4.78, 5) is 17.3. The van der Waals surface area contributed by atoms with E-state index in [-0.39, 0.29) is 11.6 Å². The van der Waals surface area contributed by atoms with E-state index in [0.717, 1.165) is 71.4 Å². The summed E-state index contributed by atoms with van der Waals surface area (Å²) in [5.41, 5.74) is 0.185. The Morgan fingerprint density at radius 1 is 1.08 bits per heavy atom. The minimum atomic E-state index is 0.162. The summed E-state index contributed by atoms with van der Waals surface area (Å²) >= 11 is 0. The number of carbonyl (C=O) groups is 1. The Balaban J connectivity index is 1.28. The van der Waals surface area contributed by atoms with E-state index < -0.39 is 0 Å². The standard InChI is InChI=1S/C20H35N3O3/c1-25-18-15-23(20(18)9-13-26-14-10-20)17-7-11-22(12-8-17)19(24)21-16-5-3-2-4-6-16/h16-18H,2-15H2,1H3,(H,21,24). The monoisotopic (exact) mass is 365 g/mol. The van der Waals surface area contributed by atoms with Gasteiger partial charge in [0.25, 0.3) is 0 Å². The van der Waals surface area contributed by atoms with E-state index in [0.29, 0.717) is 18.2 Å². The highest BCUT2D eigenvalue weighted by Gasteiger charge is 2.56. The second kappa shape index (κ2) is 8.03. The lowest BCUT2D eigenvalue weighted by Gasteiger charge is -2.63. The third kappa shape index (κ3) is 3.48. The van der Waals surface area contributed by atoms with E-state index in [1.807, 2.05) is 12.0 Å². The van der Waals surface area contributed by atoms with Crippen LogP contribution in [0.15, 0.2) is 0 Å². The van der Waals surface area contributed by atoms with Gasteiger partial charge in [0.15, 0.2) is 0 Å². The molecule has 0 aromatic heterocycles. The molecule has 2 amide bonds. The number of hydrogen-bond acceptors (Lipinski definition) is 4. The van der Waals surface area contributed by atoms with Gasteiger partial charge in [-0.2, -0.15) is 0 Å². The number of hydrogen-bond donors (Lipinski definition) is 1. The molecule has 0 radical (unpaired) electrons. The first-order valence-corrected chi connectivity index (χ1v) is 10.7. The largest absolute Gasteiger partial charge is 0.381 e. The lowest BCUT2D eigenvalue weighted by Crippen LogP contribution is -2.75. The van der Waals surface area contributed by atoms with E-state index in [1.165, 1.54) is 19.3 Å². The van der Waals surface area contributed by atoms with Gasteiger partial charge in [-0.05, 0) is 38.5 Å². The van der Waals surface area contributed by atoms with Gasteiger partial charge < -0.3 is 19.7 Å². The molecular weight excluding hydrogens is 330 g/mol. The Morgan fingerprint density at radius 2 is 1.77 bits per heavy atom. The zero-order chi connectivity index (χ0) is 18.0. The molecule has 4 aliphatic rings. The molecule has 3 aliphatic heterocycles. The number of piperidine rings is 1. The third-order valence-electron chi connectivity index (χ3n) is 7.30. The topological polar surface area (TPSA) is 54.0 Å². The van der Waals surface area contributed by atoms with Gasteiger partial charge in [0, 0.05) is 52.0 Å². The van der Waals surface area contributed by atoms with Crippen molar-refractivity contribution < 1.29 is 14.3 Å². The van der Waals surface area contributed by atoms with Gasteiger partial charge in [-0.3, -0.25) is 4.90 Å². The lowest BCUT2D eigenvalue weighted by atomic mass is 9.73. The predicted octanol–water partition coefficient (Wildman–Crippen LogP) is 2.37. The van der Waals surface area contributed by atoms with Crippen molar-refractivity contribution in [1.82, 2.24) is 15.1 Å². The zero-order valence-electron chi connectivity index (χ0n) is 16.3. The average Bonchev–Trinajstić information content (AvgIpc) is 2.69. The van der Waals surface area contributed by atoms with Gasteiger partial charge in [0.2, 0.25) is 0 Å². The second-order valence-corrected chi connectivity index (χ2v) is 8.60. The van der Waals surface area contributed by atoms with Crippen LogP contribution in [0, 0.1) is 0 Å². The molecule has 6 heteroatoms. The van der Waals surface area contributed by atoms with Crippen molar-refractivity contribution in [2.24, 2.45) is 0 Å². The van der Waals surface area contributed by atoms with E-state index in [9.17, 15) is 4.79 Å². The summed E-state index contributed by atoms with van der Waals surface area (Å²) in [6.45, 7) is 4.49. The Bertz CT molecular complexity index is 481. The van der Waals surface area contributed by atoms with Crippen molar-refractivity contribution in [3.8, 4) is 0 Å². The Hall–Kier alpha value is -0.850. The second-order valence-electron chi connectivity index (χ2n) is 8.60. The molecule has 3 saturated heterocycles. The van der Waals surface area contributed by atoms with E-state index >= 15 is 0 Å². The van der Waals surface area contributed by atoms with Crippen molar-refractivity contribution in [2.75, 3.05) is 40.0 Å². The summed E-state index contributed by atoms with van der Waals surface area (Å²) in [6.07, 6.45) is 10.8. The maximum absolute atomic E-state index is 12.6. The van der Waals surface area contributed by atoms with Crippen LogP contribution in [0.5, 0.6) is 0 Å². The quantitative estimate of drug-likeness (QED) is 0.834. The average molecular weight is 366 g/mol. The first-order chi connectivity index (χ1) is 12.7. The number of amides is 2. The number of likely N-dealkylation sites (tertiary alicyclic amines) is 2. The maximum Gasteiger partial charge on any atom is 0.317 e. The summed E-state index contributed by atoms with van der Waals surface area (Å²) in [5, 5.41) is 3.27. The zero-order valence-corrected chi connectivity index (χ0v) is 16.3. The molecule has 0 bridgehead atoms. The SMILES string of the molecule is COC1CN(C2CCN(C(=O)NC3CCCCC3)CC2)C12CCOCC2. The van der Waals surface area contributed by atoms with Gasteiger partial charge in [-0.25, -0.2) is 4.79 Å². The van der Waals surface area contributed by atoms with Crippen LogP contribution in [0.2, 0.25) is 0 Å². The number of ether oxygens (including phenoxy) is 2. The molecule has 6 nitrogen and oxygen atoms in total. The van der Waals surface area contributed by atoms with Crippen LogP contribution in [-0.4, -0.2) is 79.5 Å². The molecule has 1 unspecified atom stereocenters. The van der Waals surface area contributed by atoms with Crippen LogP contribution in [0.3, 0.4) is 0 Å². The summed E-state index contributed by atoms with van der Waals surface area (Å²) in [6, 6.07) is 1.14. The molecule has 26 heavy (non-hydrogen) atoms. The van der Waals surface area contributed by atoms with Crippen molar-refractivity contribution in [1.29, 1.82) is 0 Å². The minimum Gasteiger partial charge on any atom is -0.381 e. The van der Waals surface area contributed by atoms with Crippen LogP contribution < -0.4 is 5.32 Å². The fourth-order valence-corrected chi connectivity index (χ4v) is 5.64. The molecule has 4 rings (SSSR count). The van der Waals surface area contributed by atoms with Gasteiger partial charge >= 0.3 is 6.03 Å². The molecule has 4 fully saturated rings. The number of rotatable bonds is 3. The molecule has 148 valence electrons. The molecule has 0 aromatic carbocycles. The van der Waals surface area contributed by atoms with Crippen molar-refractivity contribution >= 4 is 6.03 Å². The van der Waals surface area contributed by atoms with Crippen LogP contribution in [0.25, 0.3) is 0 Å². The number of nitrogens with one attached hydrogen (secondary N) is 1. The fourth-order valence-electron chi connectivity index (χ4n) is 5.64.